The van der Waals surface area contributed by atoms with E-state index in [9.17, 15) is 26.3 Å². The van der Waals surface area contributed by atoms with E-state index in [2.05, 4.69) is 66.7 Å². The Bertz CT molecular complexity index is 2780. The van der Waals surface area contributed by atoms with Gasteiger partial charge in [-0.2, -0.15) is 18.2 Å². The third-order valence-corrected chi connectivity index (χ3v) is 12.0. The van der Waals surface area contributed by atoms with Crippen molar-refractivity contribution >= 4 is 24.8 Å². The Hall–Kier alpha value is -5.46. The number of rotatable bonds is 4. The molecular weight excluding hydrogens is 913 g/mol. The largest absolute Gasteiger partial charge is 1.00 e. The molecule has 62 heavy (non-hydrogen) atoms. The van der Waals surface area contributed by atoms with Crippen molar-refractivity contribution in [1.29, 1.82) is 0 Å². The second kappa shape index (κ2) is 19.7. The number of benzene rings is 8. The normalized spacial score (nSPS) is 11.5. The first-order valence-corrected chi connectivity index (χ1v) is 20.4. The Morgan fingerprint density at radius 1 is 0.484 bits per heavy atom. The van der Waals surface area contributed by atoms with Crippen LogP contribution in [0.15, 0.2) is 194 Å². The van der Waals surface area contributed by atoms with Gasteiger partial charge in [-0.25, -0.2) is 12.1 Å². The van der Waals surface area contributed by atoms with E-state index in [1.165, 1.54) is 92.3 Å². The monoisotopic (exact) mass is 944 g/mol. The van der Waals surface area contributed by atoms with Crippen molar-refractivity contribution < 1.29 is 75.4 Å². The third-order valence-electron chi connectivity index (χ3n) is 10.6. The molecule has 0 radical (unpaired) electrons. The second-order valence-electron chi connectivity index (χ2n) is 14.3. The van der Waals surface area contributed by atoms with Crippen LogP contribution >= 0.6 is 0 Å². The first-order valence-electron chi connectivity index (χ1n) is 19.2. The van der Waals surface area contributed by atoms with Crippen molar-refractivity contribution in [3.8, 4) is 33.4 Å². The van der Waals surface area contributed by atoms with Gasteiger partial charge in [0.25, 0.3) is 0 Å². The predicted molar refractivity (Wildman–Crippen MR) is 228 cm³/mol. The van der Waals surface area contributed by atoms with Crippen molar-refractivity contribution in [1.82, 2.24) is 0 Å². The van der Waals surface area contributed by atoms with Crippen LogP contribution in [0.5, 0.6) is 0 Å². The first-order chi connectivity index (χ1) is 29.0. The van der Waals surface area contributed by atoms with Gasteiger partial charge in [-0.3, -0.25) is 0 Å². The van der Waals surface area contributed by atoms with E-state index in [0.717, 1.165) is 56.1 Å². The minimum Gasteiger partial charge on any atom is -1.00 e. The quantitative estimate of drug-likeness (QED) is 0.0941. The molecule has 1 aliphatic rings. The summed E-state index contributed by atoms with van der Waals surface area (Å²) < 4.78 is 77.7. The maximum Gasteiger partial charge on any atom is -0.0240 e. The molecule has 10 rings (SSSR count). The number of halogens is 8. The topological polar surface area (TPSA) is 0 Å². The van der Waals surface area contributed by atoms with E-state index in [4.69, 9.17) is 0 Å². The molecule has 0 N–H and O–H groups in total. The summed E-state index contributed by atoms with van der Waals surface area (Å²) in [5.41, 5.74) is 9.34. The number of hydrogen-bond acceptors (Lipinski definition) is 0. The van der Waals surface area contributed by atoms with E-state index in [1.807, 2.05) is 84.9 Å². The standard InChI is InChI=1S/C27H16F6.C21H13.C5H5.2ClH.Zr/c28-26(29,30)24-13-9-22(10-14-24)20-5-1-18(2-6-20)17-19-3-7-21(8-4-19)23-11-15-25(16-12-23)27(31,32)33;1-2-8-15-14(7-1)13-20-18-11-4-3-9-16(18)17-10-5-6-12-19(17)21(15)20;1-2-4-5-3-1;;;/h1-16H;1-10,12H,13H2;1-5H;2*1H;/q;2*-1;;;+2/p-2. The molecule has 0 heterocycles. The van der Waals surface area contributed by atoms with Gasteiger partial charge in [-0.15, -0.1) is 40.6 Å². The Kier molecular flexibility index (Phi) is 14.6. The second-order valence-corrected chi connectivity index (χ2v) is 15.6. The van der Waals surface area contributed by atoms with Crippen molar-refractivity contribution in [3.63, 3.8) is 0 Å². The average Bonchev–Trinajstić information content (AvgIpc) is 4.00. The molecule has 0 unspecified atom stereocenters. The Labute approximate surface area is 383 Å². The summed E-state index contributed by atoms with van der Waals surface area (Å²) in [5, 5.41) is 5.30. The molecule has 0 saturated heterocycles. The fraction of sp³-hybridized carbons (Fsp3) is 0.0566. The summed E-state index contributed by atoms with van der Waals surface area (Å²) in [6.45, 7) is 0. The number of alkyl halides is 6. The van der Waals surface area contributed by atoms with Gasteiger partial charge in [0.2, 0.25) is 0 Å². The van der Waals surface area contributed by atoms with Gasteiger partial charge in [0, 0.05) is 0 Å². The summed E-state index contributed by atoms with van der Waals surface area (Å²) in [4.78, 5) is 0. The zero-order valence-electron chi connectivity index (χ0n) is 32.7. The maximum atomic E-state index is 12.8. The van der Waals surface area contributed by atoms with Gasteiger partial charge >= 0.3 is 208 Å². The van der Waals surface area contributed by atoms with Crippen molar-refractivity contribution in [3.05, 3.63) is 234 Å². The zero-order valence-corrected chi connectivity index (χ0v) is 36.7. The molecule has 0 spiro atoms. The third kappa shape index (κ3) is 10.1. The van der Waals surface area contributed by atoms with E-state index in [-0.39, 0.29) is 24.8 Å². The molecule has 0 amide bonds. The van der Waals surface area contributed by atoms with Gasteiger partial charge in [0.1, 0.15) is 0 Å². The molecule has 0 fully saturated rings. The molecule has 0 atom stereocenters. The molecule has 9 heteroatoms. The van der Waals surface area contributed by atoms with Gasteiger partial charge in [0.15, 0.2) is 0 Å². The zero-order chi connectivity index (χ0) is 41.9. The van der Waals surface area contributed by atoms with Crippen LogP contribution in [0.2, 0.25) is 0 Å². The minimum atomic E-state index is -4.36. The summed E-state index contributed by atoms with van der Waals surface area (Å²) >= 11 is 1.18. The van der Waals surface area contributed by atoms with Crippen LogP contribution in [0.1, 0.15) is 33.4 Å². The molecule has 0 aromatic heterocycles. The van der Waals surface area contributed by atoms with Crippen LogP contribution in [0.4, 0.5) is 26.3 Å². The number of fused-ring (bicyclic) bond motifs is 8. The fourth-order valence-corrected chi connectivity index (χ4v) is 8.40. The van der Waals surface area contributed by atoms with Crippen LogP contribution < -0.4 is 24.8 Å². The minimum absolute atomic E-state index is 0. The van der Waals surface area contributed by atoms with E-state index in [0.29, 0.717) is 11.1 Å². The van der Waals surface area contributed by atoms with Crippen LogP contribution in [0.3, 0.4) is 0 Å². The molecule has 308 valence electrons. The first kappa shape index (κ1) is 46.1. The SMILES string of the molecule is FC(F)(F)c1ccc(-c2ccc([C](=[Zr+2])c3ccc(-c4ccc(C(F)(F)F)cc4)cc3)cc2)cc1.[Cl-].[Cl-].[c-]1cccc2c1c1c(c3ccccc32)-c2ccccc2C1.c1cc[cH-]c1. The number of hydrogen-bond donors (Lipinski definition) is 0. The molecule has 0 aliphatic heterocycles. The van der Waals surface area contributed by atoms with Gasteiger partial charge in [-0.05, 0) is 28.5 Å². The Balaban J connectivity index is 0.000000193. The molecule has 0 nitrogen and oxygen atoms in total. The molecule has 0 saturated carbocycles. The summed E-state index contributed by atoms with van der Waals surface area (Å²) in [5.74, 6) is 0. The van der Waals surface area contributed by atoms with Crippen LogP contribution in [0.25, 0.3) is 54.9 Å². The van der Waals surface area contributed by atoms with Crippen molar-refractivity contribution in [2.24, 2.45) is 0 Å². The summed E-state index contributed by atoms with van der Waals surface area (Å²) in [6, 6.07) is 62.7. The molecule has 0 bridgehead atoms. The van der Waals surface area contributed by atoms with Crippen LogP contribution in [0, 0.1) is 6.07 Å². The fourth-order valence-electron chi connectivity index (χ4n) is 7.58. The molecular formula is C53H34Cl2F6Zr-2. The molecule has 1 aliphatic carbocycles. The van der Waals surface area contributed by atoms with Gasteiger partial charge in [-0.1, -0.05) is 53.9 Å². The molecule has 9 aromatic rings. The predicted octanol–water partition coefficient (Wildman–Crippen LogP) is 8.95. The average molecular weight is 947 g/mol. The van der Waals surface area contributed by atoms with Crippen molar-refractivity contribution in [2.75, 3.05) is 0 Å². The Morgan fingerprint density at radius 2 is 0.919 bits per heavy atom. The van der Waals surface area contributed by atoms with Gasteiger partial charge in [0.05, 0.1) is 0 Å². The molecule has 9 aromatic carbocycles. The van der Waals surface area contributed by atoms with Crippen LogP contribution in [-0.2, 0) is 43.0 Å². The Morgan fingerprint density at radius 3 is 1.39 bits per heavy atom. The van der Waals surface area contributed by atoms with Crippen LogP contribution in [-0.4, -0.2) is 3.21 Å². The smallest absolute Gasteiger partial charge is 0.0240 e. The van der Waals surface area contributed by atoms with E-state index < -0.39 is 23.5 Å². The summed E-state index contributed by atoms with van der Waals surface area (Å²) in [6.07, 6.45) is -7.70. The van der Waals surface area contributed by atoms with E-state index >= 15 is 0 Å². The maximum absolute atomic E-state index is 12.8. The van der Waals surface area contributed by atoms with Crippen molar-refractivity contribution in [2.45, 2.75) is 18.8 Å². The van der Waals surface area contributed by atoms with Gasteiger partial charge < -0.3 is 24.8 Å². The summed E-state index contributed by atoms with van der Waals surface area (Å²) in [7, 11) is 0. The van der Waals surface area contributed by atoms with E-state index in [1.54, 1.807) is 0 Å².